The minimum Gasteiger partial charge on any atom is -0.391 e. The molecule has 0 bridgehead atoms. The number of anilines is 1. The van der Waals surface area contributed by atoms with Crippen LogP contribution in [-0.4, -0.2) is 64.6 Å². The van der Waals surface area contributed by atoms with Gasteiger partial charge in [-0.15, -0.1) is 0 Å². The molecule has 1 rings (SSSR count). The quantitative estimate of drug-likeness (QED) is 0.314. The van der Waals surface area contributed by atoms with Crippen molar-refractivity contribution < 1.29 is 14.5 Å². The van der Waals surface area contributed by atoms with Gasteiger partial charge in [0.2, 0.25) is 5.82 Å². The van der Waals surface area contributed by atoms with E-state index in [1.54, 1.807) is 14.0 Å². The van der Waals surface area contributed by atoms with Crippen molar-refractivity contribution in [2.75, 3.05) is 45.7 Å². The van der Waals surface area contributed by atoms with Crippen molar-refractivity contribution in [3.8, 4) is 0 Å². The van der Waals surface area contributed by atoms with Crippen molar-refractivity contribution in [3.63, 3.8) is 0 Å². The summed E-state index contributed by atoms with van der Waals surface area (Å²) in [6, 6.07) is 0. The Balaban J connectivity index is 2.57. The fraction of sp³-hybridized carbons (Fsp3) is 0.750. The third kappa shape index (κ3) is 4.17. The van der Waals surface area contributed by atoms with E-state index in [-0.39, 0.29) is 12.3 Å². The Kier molecular flexibility index (Phi) is 5.46. The standard InChI is InChI=1S/C12H24N5O3/c1-10-11(16(19)20)12(15(2)14-10)13-6-5-7-17(3,4)8-9-18/h13,18H,5-9H2,1-4H3/q+1. The molecule has 8 heteroatoms. The number of aromatic nitrogens is 2. The molecule has 0 aliphatic heterocycles. The van der Waals surface area contributed by atoms with Crippen molar-refractivity contribution >= 4 is 11.5 Å². The van der Waals surface area contributed by atoms with E-state index in [0.29, 0.717) is 24.6 Å². The number of rotatable bonds is 8. The zero-order chi connectivity index (χ0) is 15.3. The van der Waals surface area contributed by atoms with E-state index in [4.69, 9.17) is 5.11 Å². The lowest BCUT2D eigenvalue weighted by molar-refractivity contribution is -0.890. The average Bonchev–Trinajstić information content (AvgIpc) is 2.59. The van der Waals surface area contributed by atoms with Gasteiger partial charge >= 0.3 is 5.69 Å². The zero-order valence-electron chi connectivity index (χ0n) is 12.6. The maximum Gasteiger partial charge on any atom is 0.333 e. The van der Waals surface area contributed by atoms with Crippen molar-refractivity contribution in [1.82, 2.24) is 9.78 Å². The van der Waals surface area contributed by atoms with Gasteiger partial charge in [-0.05, 0) is 6.92 Å². The van der Waals surface area contributed by atoms with Crippen LogP contribution in [0.25, 0.3) is 0 Å². The first-order valence-electron chi connectivity index (χ1n) is 6.63. The van der Waals surface area contributed by atoms with Gasteiger partial charge in [-0.3, -0.25) is 10.1 Å². The smallest absolute Gasteiger partial charge is 0.333 e. The van der Waals surface area contributed by atoms with Gasteiger partial charge in [0.15, 0.2) is 0 Å². The van der Waals surface area contributed by atoms with Crippen molar-refractivity contribution in [1.29, 1.82) is 0 Å². The van der Waals surface area contributed by atoms with Crippen molar-refractivity contribution in [3.05, 3.63) is 15.8 Å². The van der Waals surface area contributed by atoms with E-state index in [2.05, 4.69) is 10.4 Å². The van der Waals surface area contributed by atoms with Crippen LogP contribution in [-0.2, 0) is 7.05 Å². The molecular weight excluding hydrogens is 262 g/mol. The summed E-state index contributed by atoms with van der Waals surface area (Å²) in [4.78, 5) is 10.6. The summed E-state index contributed by atoms with van der Waals surface area (Å²) >= 11 is 0. The number of nitrogens with one attached hydrogen (secondary N) is 1. The number of aryl methyl sites for hydroxylation is 2. The number of hydrogen-bond acceptors (Lipinski definition) is 5. The van der Waals surface area contributed by atoms with E-state index in [1.807, 2.05) is 14.1 Å². The predicted molar refractivity (Wildman–Crippen MR) is 76.6 cm³/mol. The summed E-state index contributed by atoms with van der Waals surface area (Å²) < 4.78 is 2.23. The number of likely N-dealkylation sites (N-methyl/N-ethyl adjacent to an activating group) is 1. The van der Waals surface area contributed by atoms with Gasteiger partial charge in [-0.25, -0.2) is 4.68 Å². The first kappa shape index (κ1) is 16.4. The lowest BCUT2D eigenvalue weighted by Crippen LogP contribution is -2.43. The van der Waals surface area contributed by atoms with E-state index in [0.717, 1.165) is 17.4 Å². The molecule has 0 saturated heterocycles. The number of aliphatic hydroxyl groups excluding tert-OH is 1. The van der Waals surface area contributed by atoms with Crippen LogP contribution in [0.2, 0.25) is 0 Å². The minimum absolute atomic E-state index is 0.0385. The molecule has 0 aromatic carbocycles. The molecule has 0 amide bonds. The van der Waals surface area contributed by atoms with Crippen molar-refractivity contribution in [2.45, 2.75) is 13.3 Å². The predicted octanol–water partition coefficient (Wildman–Crippen LogP) is 0.507. The van der Waals surface area contributed by atoms with Crippen LogP contribution in [0, 0.1) is 17.0 Å². The van der Waals surface area contributed by atoms with Crippen LogP contribution in [0.1, 0.15) is 12.1 Å². The first-order valence-corrected chi connectivity index (χ1v) is 6.63. The van der Waals surface area contributed by atoms with Crippen LogP contribution in [0.15, 0.2) is 0 Å². The molecule has 0 aliphatic rings. The number of quaternary nitrogens is 1. The van der Waals surface area contributed by atoms with E-state index < -0.39 is 4.92 Å². The molecule has 2 N–H and O–H groups in total. The fourth-order valence-corrected chi connectivity index (χ4v) is 2.16. The Hall–Kier alpha value is -1.67. The largest absolute Gasteiger partial charge is 0.391 e. The van der Waals surface area contributed by atoms with Gasteiger partial charge in [0.1, 0.15) is 12.2 Å². The molecule has 1 aromatic heterocycles. The van der Waals surface area contributed by atoms with Gasteiger partial charge in [0, 0.05) is 20.0 Å². The van der Waals surface area contributed by atoms with Crippen LogP contribution < -0.4 is 5.32 Å². The maximum atomic E-state index is 11.0. The number of nitrogens with zero attached hydrogens (tertiary/aromatic N) is 4. The number of aliphatic hydroxyl groups is 1. The molecular formula is C12H24N5O3+. The average molecular weight is 286 g/mol. The fourth-order valence-electron chi connectivity index (χ4n) is 2.16. The van der Waals surface area contributed by atoms with E-state index >= 15 is 0 Å². The summed E-state index contributed by atoms with van der Waals surface area (Å²) in [5.41, 5.74) is 0.452. The molecule has 114 valence electrons. The molecule has 20 heavy (non-hydrogen) atoms. The molecule has 0 saturated carbocycles. The highest BCUT2D eigenvalue weighted by Crippen LogP contribution is 2.26. The highest BCUT2D eigenvalue weighted by atomic mass is 16.6. The SMILES string of the molecule is Cc1nn(C)c(NCCC[N+](C)(C)CCO)c1[N+](=O)[O-]. The Bertz CT molecular complexity index is 470. The zero-order valence-corrected chi connectivity index (χ0v) is 12.6. The summed E-state index contributed by atoms with van der Waals surface area (Å²) in [5, 5.41) is 27.1. The maximum absolute atomic E-state index is 11.0. The van der Waals surface area contributed by atoms with E-state index in [1.165, 1.54) is 4.68 Å². The van der Waals surface area contributed by atoms with Gasteiger partial charge in [-0.2, -0.15) is 5.10 Å². The third-order valence-electron chi connectivity index (χ3n) is 3.31. The van der Waals surface area contributed by atoms with Gasteiger partial charge in [0.25, 0.3) is 0 Å². The summed E-state index contributed by atoms with van der Waals surface area (Å²) in [7, 11) is 5.79. The van der Waals surface area contributed by atoms with Gasteiger partial charge in [0.05, 0.1) is 32.2 Å². The molecule has 0 aliphatic carbocycles. The van der Waals surface area contributed by atoms with Gasteiger partial charge in [-0.1, -0.05) is 0 Å². The Morgan fingerprint density at radius 3 is 2.65 bits per heavy atom. The Morgan fingerprint density at radius 2 is 2.10 bits per heavy atom. The molecule has 0 fully saturated rings. The van der Waals surface area contributed by atoms with Crippen molar-refractivity contribution in [2.24, 2.45) is 7.05 Å². The number of nitro groups is 1. The molecule has 8 nitrogen and oxygen atoms in total. The van der Waals surface area contributed by atoms with E-state index in [9.17, 15) is 10.1 Å². The van der Waals surface area contributed by atoms with Crippen LogP contribution in [0.5, 0.6) is 0 Å². The second kappa shape index (κ2) is 6.67. The molecule has 1 aromatic rings. The molecule has 0 atom stereocenters. The summed E-state index contributed by atoms with van der Waals surface area (Å²) in [5.74, 6) is 0.444. The van der Waals surface area contributed by atoms with Crippen LogP contribution >= 0.6 is 0 Å². The monoisotopic (exact) mass is 286 g/mol. The summed E-state index contributed by atoms with van der Waals surface area (Å²) in [6.07, 6.45) is 0.856. The van der Waals surface area contributed by atoms with Crippen LogP contribution in [0.3, 0.4) is 0 Å². The lowest BCUT2D eigenvalue weighted by atomic mass is 10.3. The normalized spacial score (nSPS) is 11.7. The topological polar surface area (TPSA) is 93.2 Å². The first-order chi connectivity index (χ1) is 9.28. The Labute approximate surface area is 118 Å². The molecule has 0 spiro atoms. The van der Waals surface area contributed by atoms with Crippen LogP contribution in [0.4, 0.5) is 11.5 Å². The second-order valence-electron chi connectivity index (χ2n) is 5.55. The Morgan fingerprint density at radius 1 is 1.45 bits per heavy atom. The number of hydrogen-bond donors (Lipinski definition) is 2. The highest BCUT2D eigenvalue weighted by Gasteiger charge is 2.23. The molecule has 0 unspecified atom stereocenters. The minimum atomic E-state index is -0.406. The second-order valence-corrected chi connectivity index (χ2v) is 5.55. The third-order valence-corrected chi connectivity index (χ3v) is 3.31. The lowest BCUT2D eigenvalue weighted by Gasteiger charge is -2.28. The van der Waals surface area contributed by atoms with Gasteiger partial charge < -0.3 is 14.9 Å². The highest BCUT2D eigenvalue weighted by molar-refractivity contribution is 5.59. The molecule has 0 radical (unpaired) electrons. The molecule has 1 heterocycles. The summed E-state index contributed by atoms with van der Waals surface area (Å²) in [6.45, 7) is 4.01.